The molecule has 5 aliphatic rings. The first-order valence-electron chi connectivity index (χ1n) is 30.3. The highest BCUT2D eigenvalue weighted by molar-refractivity contribution is 5.98. The van der Waals surface area contributed by atoms with Crippen LogP contribution in [-0.2, 0) is 33.6 Å². The maximum atomic E-state index is 15.2. The van der Waals surface area contributed by atoms with Gasteiger partial charge >= 0.3 is 0 Å². The summed E-state index contributed by atoms with van der Waals surface area (Å²) in [5.74, 6) is 3.50. The number of aliphatic hydroxyl groups excluding tert-OH is 4. The summed E-state index contributed by atoms with van der Waals surface area (Å²) in [6.45, 7) is 10.8. The number of nitrogens with one attached hydrogen (secondary N) is 3. The Kier molecular flexibility index (Phi) is 22.0. The SMILES string of the molecule is C=C1/C=C/C=C(\[C@H]2CC[C@@]3([C@@H]4CC[C@H](O)Cc5cccc(c5)C[C@H]([C@H](CN=C(N)N)c5ccc(O)cc5)[C@H](O)CN[C@H]5C(=O)N[C@@H](N)c6cccc(c65)CC(=O)C(C)=C4CC[C@@]3(C)O)[C@@H]2O)COCC#CC/C(C)=C/C[C@]1(O)NCCCCCO. The average Bonchev–Trinajstić information content (AvgIpc) is 3.96. The van der Waals surface area contributed by atoms with Gasteiger partial charge in [0.15, 0.2) is 11.7 Å². The summed E-state index contributed by atoms with van der Waals surface area (Å²) in [4.78, 5) is 33.9. The van der Waals surface area contributed by atoms with Gasteiger partial charge in [0.2, 0.25) is 5.91 Å². The molecule has 85 heavy (non-hydrogen) atoms. The lowest BCUT2D eigenvalue weighted by molar-refractivity contribution is -0.168. The van der Waals surface area contributed by atoms with E-state index in [-0.39, 0.29) is 82.5 Å². The van der Waals surface area contributed by atoms with E-state index in [0.29, 0.717) is 79.3 Å². The van der Waals surface area contributed by atoms with E-state index >= 15 is 4.79 Å². The standard InChI is InChI=1S/C68H91N7O10/c1-42-13-6-9-34-85-41-49(18-10-14-43(2)68(84,31-26-42)74-32-7-5-8-33-76)53-28-30-67(62(53)81)57-25-24-51(78)36-45-15-11-16-46(35-45)37-55(56(39-73-65(70)71)47-20-22-50(77)23-21-47)59(80)40-72-61-60-48(17-12-19-54(60)63(69)75-64(61)82)38-58(79)44(3)52(57)27-29-66(67,4)83/h10-12,14-23,26,35,51,53,55-57,59,61-63,72,74,76-78,80-81,83-84H,2,5,7-8,13,24-25,27-34,36-41,69H2,1,3-4H3,(H,75,82)(H4,70,71,73)/b14-10+,42-26+,49-18-,52-44?/t51-,53+,55+,56+,57+,59+,61+,62+,63+,66+,67+,68+/m0/s1. The second kappa shape index (κ2) is 28.9. The fourth-order valence-electron chi connectivity index (χ4n) is 14.1. The predicted octanol–water partition coefficient (Wildman–Crippen LogP) is 5.67. The van der Waals surface area contributed by atoms with Crippen LogP contribution in [0.25, 0.3) is 0 Å². The molecule has 17 nitrogen and oxygen atoms in total. The van der Waals surface area contributed by atoms with Crippen LogP contribution in [0.1, 0.15) is 143 Å². The Morgan fingerprint density at radius 2 is 1.71 bits per heavy atom. The first-order chi connectivity index (χ1) is 40.7. The van der Waals surface area contributed by atoms with Crippen molar-refractivity contribution in [1.29, 1.82) is 0 Å². The number of carbonyl (C=O) groups excluding carboxylic acids is 2. The van der Waals surface area contributed by atoms with E-state index in [9.17, 15) is 40.5 Å². The molecule has 17 heteroatoms. The van der Waals surface area contributed by atoms with Gasteiger partial charge in [0, 0.05) is 56.2 Å². The van der Waals surface area contributed by atoms with Gasteiger partial charge in [-0.2, -0.15) is 0 Å². The molecule has 2 bridgehead atoms. The van der Waals surface area contributed by atoms with Crippen molar-refractivity contribution in [3.05, 3.63) is 159 Å². The van der Waals surface area contributed by atoms with Gasteiger partial charge in [-0.3, -0.25) is 25.2 Å². The quantitative estimate of drug-likeness (QED) is 0.0275. The van der Waals surface area contributed by atoms with Crippen LogP contribution in [0.2, 0.25) is 0 Å². The van der Waals surface area contributed by atoms with Crippen molar-refractivity contribution in [2.24, 2.45) is 45.4 Å². The molecule has 1 amide bonds. The summed E-state index contributed by atoms with van der Waals surface area (Å²) in [6.07, 6.45) is 9.01. The molecule has 0 aromatic heterocycles. The zero-order valence-electron chi connectivity index (χ0n) is 49.7. The molecule has 1 spiro atoms. The number of carbonyl (C=O) groups is 2. The molecule has 3 aliphatic heterocycles. The Bertz CT molecular complexity index is 3080. The van der Waals surface area contributed by atoms with E-state index in [2.05, 4.69) is 39.4 Å². The number of aromatic hydroxyl groups is 1. The summed E-state index contributed by atoms with van der Waals surface area (Å²) in [6, 6.07) is 19.0. The second-order valence-electron chi connectivity index (χ2n) is 24.6. The Balaban J connectivity index is 1.19. The van der Waals surface area contributed by atoms with Gasteiger partial charge in [0.1, 0.15) is 30.3 Å². The molecule has 16 N–H and O–H groups in total. The minimum absolute atomic E-state index is 0.0650. The molecule has 3 aromatic carbocycles. The lowest BCUT2D eigenvalue weighted by Crippen LogP contribution is -2.59. The Hall–Kier alpha value is -6.27. The third-order valence-electron chi connectivity index (χ3n) is 19.0. The number of aliphatic imine (C=N–C) groups is 1. The number of phenolic OH excluding ortho intramolecular Hbond substituents is 1. The number of aliphatic hydroxyl groups is 6. The summed E-state index contributed by atoms with van der Waals surface area (Å²) in [5.41, 5.74) is 22.1. The van der Waals surface area contributed by atoms with Crippen LogP contribution in [0.15, 0.2) is 130 Å². The number of benzene rings is 3. The molecule has 458 valence electrons. The van der Waals surface area contributed by atoms with Crippen molar-refractivity contribution >= 4 is 17.6 Å². The van der Waals surface area contributed by atoms with E-state index in [0.717, 1.165) is 46.3 Å². The molecule has 0 radical (unpaired) electrons. The maximum Gasteiger partial charge on any atom is 0.243 e. The minimum atomic E-state index is -1.47. The summed E-state index contributed by atoms with van der Waals surface area (Å²) in [7, 11) is 0. The van der Waals surface area contributed by atoms with Crippen LogP contribution in [0.3, 0.4) is 0 Å². The normalized spacial score (nSPS) is 32.1. The number of β-amino-alcohol motifs (C(OH)–C–C–N with tert-alkyl or cyclic N) is 1. The second-order valence-corrected chi connectivity index (χ2v) is 24.6. The van der Waals surface area contributed by atoms with Crippen LogP contribution < -0.4 is 33.2 Å². The number of unbranched alkanes of at least 4 members (excludes halogenated alkanes) is 2. The first-order valence-corrected chi connectivity index (χ1v) is 30.3. The number of guanidine groups is 1. The number of ether oxygens (including phenoxy) is 1. The van der Waals surface area contributed by atoms with Crippen molar-refractivity contribution in [2.75, 3.05) is 39.5 Å². The van der Waals surface area contributed by atoms with Crippen LogP contribution in [-0.4, -0.2) is 122 Å². The predicted molar refractivity (Wildman–Crippen MR) is 330 cm³/mol. The summed E-state index contributed by atoms with van der Waals surface area (Å²) in [5, 5.41) is 92.2. The number of hydrogen-bond acceptors (Lipinski definition) is 14. The van der Waals surface area contributed by atoms with Crippen molar-refractivity contribution < 1.29 is 50.1 Å². The van der Waals surface area contributed by atoms with Gasteiger partial charge in [-0.05, 0) is 172 Å². The largest absolute Gasteiger partial charge is 0.508 e. The zero-order valence-corrected chi connectivity index (χ0v) is 49.7. The number of amides is 1. The molecule has 12 atom stereocenters. The molecule has 2 fully saturated rings. The third kappa shape index (κ3) is 15.3. The molecule has 3 aromatic rings. The number of phenols is 1. The molecule has 3 heterocycles. The number of rotatable bonds is 11. The number of fused-ring (bicyclic) bond motifs is 4. The Labute approximate surface area is 501 Å². The highest BCUT2D eigenvalue weighted by atomic mass is 16.5. The maximum absolute atomic E-state index is 15.2. The molecular formula is C68H91N7O10. The number of hydrogen-bond donors (Lipinski definition) is 13. The molecule has 0 saturated heterocycles. The lowest BCUT2D eigenvalue weighted by atomic mass is 9.52. The van der Waals surface area contributed by atoms with E-state index in [1.54, 1.807) is 37.3 Å². The van der Waals surface area contributed by atoms with E-state index < -0.39 is 76.8 Å². The average molecular weight is 1170 g/mol. The number of ketones is 1. The van der Waals surface area contributed by atoms with Gasteiger partial charge in [0.05, 0.1) is 30.5 Å². The van der Waals surface area contributed by atoms with Crippen molar-refractivity contribution in [3.63, 3.8) is 0 Å². The van der Waals surface area contributed by atoms with Crippen LogP contribution in [0.5, 0.6) is 5.75 Å². The lowest BCUT2D eigenvalue weighted by Gasteiger charge is -2.56. The van der Waals surface area contributed by atoms with E-state index in [1.807, 2.05) is 74.5 Å². The van der Waals surface area contributed by atoms with Crippen LogP contribution in [0.4, 0.5) is 0 Å². The van der Waals surface area contributed by atoms with Gasteiger partial charge in [-0.25, -0.2) is 0 Å². The summed E-state index contributed by atoms with van der Waals surface area (Å²) < 4.78 is 6.24. The van der Waals surface area contributed by atoms with Gasteiger partial charge < -0.3 is 63.0 Å². The molecule has 2 saturated carbocycles. The van der Waals surface area contributed by atoms with Crippen molar-refractivity contribution in [1.82, 2.24) is 16.0 Å². The summed E-state index contributed by atoms with van der Waals surface area (Å²) >= 11 is 0. The fraction of sp³-hybridized carbons (Fsp3) is 0.515. The minimum Gasteiger partial charge on any atom is -0.508 e. The van der Waals surface area contributed by atoms with Crippen molar-refractivity contribution in [2.45, 2.75) is 158 Å². The Morgan fingerprint density at radius 3 is 2.46 bits per heavy atom. The zero-order chi connectivity index (χ0) is 61.1. The van der Waals surface area contributed by atoms with Crippen LogP contribution in [0, 0.1) is 35.0 Å². The molecular weight excluding hydrogens is 1070 g/mol. The van der Waals surface area contributed by atoms with Crippen LogP contribution >= 0.6 is 0 Å². The van der Waals surface area contributed by atoms with Crippen molar-refractivity contribution in [3.8, 4) is 17.6 Å². The highest BCUT2D eigenvalue weighted by Gasteiger charge is 2.64. The van der Waals surface area contributed by atoms with Gasteiger partial charge in [0.25, 0.3) is 0 Å². The number of Topliss-reactive ketones (excluding diaryl/α,β-unsaturated/α-hetero) is 1. The van der Waals surface area contributed by atoms with Gasteiger partial charge in [-0.1, -0.05) is 108 Å². The molecule has 2 aliphatic carbocycles. The monoisotopic (exact) mass is 1170 g/mol. The third-order valence-corrected chi connectivity index (χ3v) is 19.0. The topological polar surface area (TPSA) is 311 Å². The smallest absolute Gasteiger partial charge is 0.243 e. The molecule has 0 unspecified atom stereocenters. The molecule has 8 rings (SSSR count). The van der Waals surface area contributed by atoms with E-state index in [4.69, 9.17) is 21.9 Å². The number of nitrogens with two attached hydrogens (primary N) is 3. The highest BCUT2D eigenvalue weighted by Crippen LogP contribution is 2.63. The fourth-order valence-corrected chi connectivity index (χ4v) is 14.1. The van der Waals surface area contributed by atoms with Gasteiger partial charge in [-0.15, -0.1) is 0 Å². The number of nitrogens with zero attached hydrogens (tertiary/aromatic N) is 1. The van der Waals surface area contributed by atoms with E-state index in [1.165, 1.54) is 0 Å². The number of allylic oxidation sites excluding steroid dienone is 5. The Morgan fingerprint density at radius 1 is 0.953 bits per heavy atom. The first kappa shape index (κ1) is 64.7.